The molecule has 1 heterocycles. The van der Waals surface area contributed by atoms with E-state index in [0.29, 0.717) is 12.1 Å². The summed E-state index contributed by atoms with van der Waals surface area (Å²) in [5, 5.41) is 4.91. The lowest BCUT2D eigenvalue weighted by molar-refractivity contribution is 0.0954. The van der Waals surface area contributed by atoms with Crippen molar-refractivity contribution in [2.75, 3.05) is 25.5 Å². The summed E-state index contributed by atoms with van der Waals surface area (Å²) in [5.41, 5.74) is 4.53. The van der Waals surface area contributed by atoms with Crippen LogP contribution in [0.5, 0.6) is 0 Å². The van der Waals surface area contributed by atoms with Gasteiger partial charge in [-0.3, -0.25) is 4.79 Å². The van der Waals surface area contributed by atoms with Gasteiger partial charge in [-0.25, -0.2) is 4.98 Å². The second-order valence-corrected chi connectivity index (χ2v) is 5.15. The van der Waals surface area contributed by atoms with Crippen LogP contribution in [0, 0.1) is 0 Å². The van der Waals surface area contributed by atoms with Crippen molar-refractivity contribution in [2.24, 2.45) is 0 Å². The fraction of sp³-hybridized carbons (Fsp3) is 0.286. The van der Waals surface area contributed by atoms with Crippen LogP contribution < -0.4 is 10.2 Å². The summed E-state index contributed by atoms with van der Waals surface area (Å²) >= 11 is 1.57. The van der Waals surface area contributed by atoms with Crippen LogP contribution in [0.1, 0.15) is 16.1 Å². The fourth-order valence-electron chi connectivity index (χ4n) is 1.69. The molecule has 2 aromatic rings. The van der Waals surface area contributed by atoms with E-state index in [1.807, 2.05) is 48.6 Å². The number of anilines is 1. The molecule has 0 aliphatic rings. The molecule has 0 atom stereocenters. The number of amides is 1. The van der Waals surface area contributed by atoms with Gasteiger partial charge in [0.2, 0.25) is 0 Å². The maximum atomic E-state index is 12.0. The molecule has 0 saturated carbocycles. The number of hydrogen-bond donors (Lipinski definition) is 1. The molecule has 4 nitrogen and oxygen atoms in total. The first kappa shape index (κ1) is 13.5. The van der Waals surface area contributed by atoms with Gasteiger partial charge in [-0.1, -0.05) is 6.07 Å². The molecule has 100 valence electrons. The summed E-state index contributed by atoms with van der Waals surface area (Å²) in [5.74, 6) is -0.0427. The zero-order chi connectivity index (χ0) is 13.7. The van der Waals surface area contributed by atoms with Crippen molar-refractivity contribution >= 4 is 22.9 Å². The Morgan fingerprint density at radius 1 is 1.42 bits per heavy atom. The van der Waals surface area contributed by atoms with E-state index in [2.05, 4.69) is 10.3 Å². The lowest BCUT2D eigenvalue weighted by atomic mass is 10.2. The van der Waals surface area contributed by atoms with Crippen molar-refractivity contribution < 1.29 is 4.79 Å². The third kappa shape index (κ3) is 3.79. The molecule has 1 aromatic carbocycles. The van der Waals surface area contributed by atoms with Crippen molar-refractivity contribution in [1.29, 1.82) is 0 Å². The largest absolute Gasteiger partial charge is 0.378 e. The molecule has 1 amide bonds. The fourth-order valence-corrected chi connectivity index (χ4v) is 2.29. The van der Waals surface area contributed by atoms with Gasteiger partial charge in [0.1, 0.15) is 0 Å². The van der Waals surface area contributed by atoms with E-state index >= 15 is 0 Å². The molecule has 1 aromatic heterocycles. The first-order chi connectivity index (χ1) is 9.16. The highest BCUT2D eigenvalue weighted by Crippen LogP contribution is 2.13. The van der Waals surface area contributed by atoms with Gasteiger partial charge in [0.25, 0.3) is 5.91 Å². The maximum Gasteiger partial charge on any atom is 0.251 e. The topological polar surface area (TPSA) is 45.2 Å². The number of carbonyl (C=O) groups excluding carboxylic acids is 1. The Morgan fingerprint density at radius 3 is 2.95 bits per heavy atom. The Labute approximate surface area is 117 Å². The normalized spacial score (nSPS) is 10.2. The van der Waals surface area contributed by atoms with Crippen LogP contribution in [0.4, 0.5) is 5.69 Å². The van der Waals surface area contributed by atoms with Gasteiger partial charge >= 0.3 is 0 Å². The van der Waals surface area contributed by atoms with E-state index in [0.717, 1.165) is 17.8 Å². The molecule has 0 radical (unpaired) electrons. The standard InChI is InChI=1S/C14H17N3OS/c1-17(2)13-5-3-4-11(8-13)14(18)15-7-6-12-9-19-10-16-12/h3-5,8-10H,6-7H2,1-2H3,(H,15,18). The number of benzene rings is 1. The van der Waals surface area contributed by atoms with E-state index in [1.54, 1.807) is 16.8 Å². The number of aromatic nitrogens is 1. The molecule has 0 aliphatic carbocycles. The van der Waals surface area contributed by atoms with Gasteiger partial charge in [0.05, 0.1) is 11.2 Å². The SMILES string of the molecule is CN(C)c1cccc(C(=O)NCCc2cscn2)c1. The maximum absolute atomic E-state index is 12.0. The first-order valence-corrected chi connectivity index (χ1v) is 7.04. The Kier molecular flexibility index (Phi) is 4.52. The predicted molar refractivity (Wildman–Crippen MR) is 78.9 cm³/mol. The second kappa shape index (κ2) is 6.33. The summed E-state index contributed by atoms with van der Waals surface area (Å²) in [4.78, 5) is 18.2. The molecule has 0 aliphatic heterocycles. The lowest BCUT2D eigenvalue weighted by Crippen LogP contribution is -2.26. The molecule has 5 heteroatoms. The van der Waals surface area contributed by atoms with Crippen LogP contribution in [-0.4, -0.2) is 31.5 Å². The van der Waals surface area contributed by atoms with Crippen LogP contribution in [0.2, 0.25) is 0 Å². The zero-order valence-electron chi connectivity index (χ0n) is 11.1. The molecule has 2 rings (SSSR count). The predicted octanol–water partition coefficient (Wildman–Crippen LogP) is 2.18. The molecule has 0 spiro atoms. The number of hydrogen-bond acceptors (Lipinski definition) is 4. The highest BCUT2D eigenvalue weighted by atomic mass is 32.1. The third-order valence-electron chi connectivity index (χ3n) is 2.77. The first-order valence-electron chi connectivity index (χ1n) is 6.09. The van der Waals surface area contributed by atoms with Gasteiger partial charge in [-0.15, -0.1) is 11.3 Å². The van der Waals surface area contributed by atoms with Crippen LogP contribution in [-0.2, 0) is 6.42 Å². The number of carbonyl (C=O) groups is 1. The summed E-state index contributed by atoms with van der Waals surface area (Å²) in [6, 6.07) is 7.58. The molecular weight excluding hydrogens is 258 g/mol. The summed E-state index contributed by atoms with van der Waals surface area (Å²) in [7, 11) is 3.92. The average Bonchev–Trinajstić information content (AvgIpc) is 2.92. The zero-order valence-corrected chi connectivity index (χ0v) is 11.9. The summed E-state index contributed by atoms with van der Waals surface area (Å²) < 4.78 is 0. The van der Waals surface area contributed by atoms with Crippen LogP contribution in [0.15, 0.2) is 35.2 Å². The molecule has 0 saturated heterocycles. The highest BCUT2D eigenvalue weighted by molar-refractivity contribution is 7.07. The average molecular weight is 275 g/mol. The number of rotatable bonds is 5. The Morgan fingerprint density at radius 2 is 2.26 bits per heavy atom. The van der Waals surface area contributed by atoms with E-state index in [-0.39, 0.29) is 5.91 Å². The Balaban J connectivity index is 1.90. The summed E-state index contributed by atoms with van der Waals surface area (Å²) in [6.45, 7) is 0.606. The summed E-state index contributed by atoms with van der Waals surface area (Å²) in [6.07, 6.45) is 0.766. The van der Waals surface area contributed by atoms with Gasteiger partial charge in [-0.05, 0) is 18.2 Å². The number of thiazole rings is 1. The third-order valence-corrected chi connectivity index (χ3v) is 3.41. The minimum absolute atomic E-state index is 0.0427. The minimum Gasteiger partial charge on any atom is -0.378 e. The highest BCUT2D eigenvalue weighted by Gasteiger charge is 2.06. The van der Waals surface area contributed by atoms with Crippen LogP contribution in [0.3, 0.4) is 0 Å². The monoisotopic (exact) mass is 275 g/mol. The Hall–Kier alpha value is -1.88. The molecule has 1 N–H and O–H groups in total. The minimum atomic E-state index is -0.0427. The van der Waals surface area contributed by atoms with Crippen LogP contribution in [0.25, 0.3) is 0 Å². The molecule has 0 unspecified atom stereocenters. The lowest BCUT2D eigenvalue weighted by Gasteiger charge is -2.13. The molecule has 19 heavy (non-hydrogen) atoms. The van der Waals surface area contributed by atoms with E-state index in [4.69, 9.17) is 0 Å². The van der Waals surface area contributed by atoms with E-state index in [9.17, 15) is 4.79 Å². The van der Waals surface area contributed by atoms with Crippen molar-refractivity contribution in [2.45, 2.75) is 6.42 Å². The molecule has 0 bridgehead atoms. The Bertz CT molecular complexity index is 537. The van der Waals surface area contributed by atoms with Crippen molar-refractivity contribution in [3.05, 3.63) is 46.4 Å². The van der Waals surface area contributed by atoms with E-state index in [1.165, 1.54) is 0 Å². The molecule has 0 fully saturated rings. The van der Waals surface area contributed by atoms with Crippen molar-refractivity contribution in [1.82, 2.24) is 10.3 Å². The quantitative estimate of drug-likeness (QED) is 0.909. The van der Waals surface area contributed by atoms with Crippen LogP contribution >= 0.6 is 11.3 Å². The van der Waals surface area contributed by atoms with Gasteiger partial charge in [0, 0.05) is 43.7 Å². The molecular formula is C14H17N3OS. The van der Waals surface area contributed by atoms with Gasteiger partial charge in [0.15, 0.2) is 0 Å². The second-order valence-electron chi connectivity index (χ2n) is 4.43. The van der Waals surface area contributed by atoms with E-state index < -0.39 is 0 Å². The van der Waals surface area contributed by atoms with Gasteiger partial charge in [-0.2, -0.15) is 0 Å². The smallest absolute Gasteiger partial charge is 0.251 e. The van der Waals surface area contributed by atoms with Gasteiger partial charge < -0.3 is 10.2 Å². The number of nitrogens with one attached hydrogen (secondary N) is 1. The number of nitrogens with zero attached hydrogens (tertiary/aromatic N) is 2. The van der Waals surface area contributed by atoms with Crippen molar-refractivity contribution in [3.8, 4) is 0 Å². The van der Waals surface area contributed by atoms with Crippen molar-refractivity contribution in [3.63, 3.8) is 0 Å².